The summed E-state index contributed by atoms with van der Waals surface area (Å²) in [5.41, 5.74) is 2.23. The number of thiophene rings is 1. The zero-order valence-corrected chi connectivity index (χ0v) is 16.5. The van der Waals surface area contributed by atoms with Crippen molar-refractivity contribution < 1.29 is 4.79 Å². The van der Waals surface area contributed by atoms with E-state index in [9.17, 15) is 9.59 Å². The summed E-state index contributed by atoms with van der Waals surface area (Å²) in [6, 6.07) is 17.1. The molecule has 26 heavy (non-hydrogen) atoms. The summed E-state index contributed by atoms with van der Waals surface area (Å²) in [6.45, 7) is -0.0214. The van der Waals surface area contributed by atoms with Gasteiger partial charge in [0.15, 0.2) is 5.78 Å². The standard InChI is InChI=1S/C20H13IN2O2S/c21-15-8-6-14(7-9-15)17(24)10-23-12-22-19-18(20(23)25)16(11-26-19)13-4-2-1-3-5-13/h1-9,11-12H,10H2. The molecule has 4 rings (SSSR count). The highest BCUT2D eigenvalue weighted by atomic mass is 127. The van der Waals surface area contributed by atoms with Crippen LogP contribution in [-0.4, -0.2) is 15.3 Å². The zero-order chi connectivity index (χ0) is 18.1. The van der Waals surface area contributed by atoms with Crippen LogP contribution in [0.4, 0.5) is 0 Å². The Balaban J connectivity index is 1.75. The molecule has 0 saturated carbocycles. The third-order valence-electron chi connectivity index (χ3n) is 4.13. The van der Waals surface area contributed by atoms with Crippen molar-refractivity contribution in [3.63, 3.8) is 0 Å². The molecule has 0 N–H and O–H groups in total. The fourth-order valence-corrected chi connectivity index (χ4v) is 4.06. The van der Waals surface area contributed by atoms with Crippen molar-refractivity contribution in [3.8, 4) is 11.1 Å². The van der Waals surface area contributed by atoms with Crippen LogP contribution in [0.5, 0.6) is 0 Å². The Morgan fingerprint density at radius 1 is 1.08 bits per heavy atom. The monoisotopic (exact) mass is 472 g/mol. The van der Waals surface area contributed by atoms with Crippen LogP contribution in [0.25, 0.3) is 21.3 Å². The van der Waals surface area contributed by atoms with Gasteiger partial charge in [0.25, 0.3) is 5.56 Å². The predicted molar refractivity (Wildman–Crippen MR) is 113 cm³/mol. The second kappa shape index (κ2) is 7.13. The maximum atomic E-state index is 13.0. The Morgan fingerprint density at radius 3 is 2.54 bits per heavy atom. The zero-order valence-electron chi connectivity index (χ0n) is 13.6. The summed E-state index contributed by atoms with van der Waals surface area (Å²) >= 11 is 3.63. The molecule has 0 fully saturated rings. The van der Waals surface area contributed by atoms with Gasteiger partial charge in [-0.2, -0.15) is 0 Å². The molecule has 0 saturated heterocycles. The normalized spacial score (nSPS) is 11.0. The lowest BCUT2D eigenvalue weighted by Gasteiger charge is -2.06. The smallest absolute Gasteiger partial charge is 0.263 e. The van der Waals surface area contributed by atoms with E-state index in [4.69, 9.17) is 0 Å². The van der Waals surface area contributed by atoms with E-state index in [1.165, 1.54) is 22.2 Å². The van der Waals surface area contributed by atoms with E-state index in [1.807, 2.05) is 47.8 Å². The minimum Gasteiger partial charge on any atom is -0.292 e. The molecule has 4 aromatic rings. The summed E-state index contributed by atoms with van der Waals surface area (Å²) in [7, 11) is 0. The van der Waals surface area contributed by atoms with Crippen LogP contribution in [0.2, 0.25) is 0 Å². The van der Waals surface area contributed by atoms with Crippen LogP contribution in [0.1, 0.15) is 10.4 Å². The average molecular weight is 472 g/mol. The van der Waals surface area contributed by atoms with Crippen LogP contribution >= 0.6 is 33.9 Å². The molecule has 0 radical (unpaired) electrons. The summed E-state index contributed by atoms with van der Waals surface area (Å²) < 4.78 is 2.45. The Morgan fingerprint density at radius 2 is 1.81 bits per heavy atom. The molecule has 0 aliphatic heterocycles. The van der Waals surface area contributed by atoms with Gasteiger partial charge in [-0.3, -0.25) is 14.2 Å². The van der Waals surface area contributed by atoms with Gasteiger partial charge < -0.3 is 0 Å². The van der Waals surface area contributed by atoms with Crippen LogP contribution in [0.15, 0.2) is 71.1 Å². The van der Waals surface area contributed by atoms with E-state index in [1.54, 1.807) is 12.1 Å². The van der Waals surface area contributed by atoms with Gasteiger partial charge in [0, 0.05) is 20.1 Å². The van der Waals surface area contributed by atoms with Crippen molar-refractivity contribution in [1.29, 1.82) is 0 Å². The minimum atomic E-state index is -0.186. The van der Waals surface area contributed by atoms with Crippen molar-refractivity contribution in [1.82, 2.24) is 9.55 Å². The van der Waals surface area contributed by atoms with Crippen LogP contribution in [0.3, 0.4) is 0 Å². The molecule has 0 unspecified atom stereocenters. The fourth-order valence-electron chi connectivity index (χ4n) is 2.79. The molecule has 0 bridgehead atoms. The maximum Gasteiger partial charge on any atom is 0.263 e. The Kier molecular flexibility index (Phi) is 4.69. The number of benzene rings is 2. The van der Waals surface area contributed by atoms with E-state index in [2.05, 4.69) is 27.6 Å². The molecule has 2 aromatic carbocycles. The van der Waals surface area contributed by atoms with Crippen LogP contribution in [0, 0.1) is 3.57 Å². The molecule has 2 heterocycles. The number of ketones is 1. The van der Waals surface area contributed by atoms with Crippen LogP contribution in [-0.2, 0) is 6.54 Å². The number of carbonyl (C=O) groups excluding carboxylic acids is 1. The molecule has 0 aliphatic rings. The first-order valence-corrected chi connectivity index (χ1v) is 9.90. The molecular formula is C20H13IN2O2S. The Hall–Kier alpha value is -2.32. The summed E-state index contributed by atoms with van der Waals surface area (Å²) in [5, 5.41) is 2.51. The topological polar surface area (TPSA) is 52.0 Å². The van der Waals surface area contributed by atoms with E-state index >= 15 is 0 Å². The molecule has 128 valence electrons. The molecule has 4 nitrogen and oxygen atoms in total. The van der Waals surface area contributed by atoms with E-state index in [-0.39, 0.29) is 17.9 Å². The summed E-state index contributed by atoms with van der Waals surface area (Å²) in [6.07, 6.45) is 1.46. The highest BCUT2D eigenvalue weighted by molar-refractivity contribution is 14.1. The van der Waals surface area contributed by atoms with Crippen molar-refractivity contribution in [2.45, 2.75) is 6.54 Å². The SMILES string of the molecule is O=C(Cn1cnc2scc(-c3ccccc3)c2c1=O)c1ccc(I)cc1. The van der Waals surface area contributed by atoms with E-state index in [0.29, 0.717) is 15.8 Å². The molecule has 0 aliphatic carbocycles. The number of hydrogen-bond donors (Lipinski definition) is 0. The van der Waals surface area contributed by atoms with Gasteiger partial charge in [-0.1, -0.05) is 42.5 Å². The number of rotatable bonds is 4. The third-order valence-corrected chi connectivity index (χ3v) is 5.73. The molecule has 0 amide bonds. The first-order valence-electron chi connectivity index (χ1n) is 7.94. The molecule has 2 aromatic heterocycles. The molecule has 0 atom stereocenters. The predicted octanol–water partition coefficient (Wildman–Crippen LogP) is 4.61. The van der Waals surface area contributed by atoms with E-state index < -0.39 is 0 Å². The number of carbonyl (C=O) groups is 1. The largest absolute Gasteiger partial charge is 0.292 e. The first-order chi connectivity index (χ1) is 12.6. The summed E-state index contributed by atoms with van der Waals surface area (Å²) in [5.74, 6) is -0.110. The second-order valence-electron chi connectivity index (χ2n) is 5.80. The number of Topliss-reactive ketones (excluding diaryl/α,β-unsaturated/α-hetero) is 1. The quantitative estimate of drug-likeness (QED) is 0.322. The lowest BCUT2D eigenvalue weighted by Crippen LogP contribution is -2.24. The van der Waals surface area contributed by atoms with E-state index in [0.717, 1.165) is 14.7 Å². The van der Waals surface area contributed by atoms with Gasteiger partial charge in [0.1, 0.15) is 4.83 Å². The number of fused-ring (bicyclic) bond motifs is 1. The number of hydrogen-bond acceptors (Lipinski definition) is 4. The third kappa shape index (κ3) is 3.22. The van der Waals surface area contributed by atoms with Gasteiger partial charge in [-0.15, -0.1) is 11.3 Å². The van der Waals surface area contributed by atoms with Gasteiger partial charge in [-0.25, -0.2) is 4.98 Å². The highest BCUT2D eigenvalue weighted by Crippen LogP contribution is 2.30. The van der Waals surface area contributed by atoms with Gasteiger partial charge in [-0.05, 0) is 40.3 Å². The Bertz CT molecular complexity index is 1150. The number of aromatic nitrogens is 2. The van der Waals surface area contributed by atoms with Crippen LogP contribution < -0.4 is 5.56 Å². The van der Waals surface area contributed by atoms with Gasteiger partial charge >= 0.3 is 0 Å². The maximum absolute atomic E-state index is 13.0. The van der Waals surface area contributed by atoms with Crippen molar-refractivity contribution in [2.24, 2.45) is 0 Å². The molecule has 6 heteroatoms. The molecule has 0 spiro atoms. The molecular weight excluding hydrogens is 459 g/mol. The second-order valence-corrected chi connectivity index (χ2v) is 7.91. The number of nitrogens with zero attached hydrogens (tertiary/aromatic N) is 2. The van der Waals surface area contributed by atoms with Crippen molar-refractivity contribution in [2.75, 3.05) is 0 Å². The lowest BCUT2D eigenvalue weighted by atomic mass is 10.1. The average Bonchev–Trinajstić information content (AvgIpc) is 3.10. The lowest BCUT2D eigenvalue weighted by molar-refractivity contribution is 0.0970. The Labute approximate surface area is 167 Å². The highest BCUT2D eigenvalue weighted by Gasteiger charge is 2.15. The number of halogens is 1. The van der Waals surface area contributed by atoms with Crippen molar-refractivity contribution in [3.05, 3.63) is 85.8 Å². The van der Waals surface area contributed by atoms with Crippen molar-refractivity contribution >= 4 is 49.9 Å². The fraction of sp³-hybridized carbons (Fsp3) is 0.0500. The summed E-state index contributed by atoms with van der Waals surface area (Å²) in [4.78, 5) is 30.6. The first kappa shape index (κ1) is 17.1. The van der Waals surface area contributed by atoms with Gasteiger partial charge in [0.2, 0.25) is 0 Å². The minimum absolute atomic E-state index is 0.0214. The van der Waals surface area contributed by atoms with Gasteiger partial charge in [0.05, 0.1) is 18.3 Å².